The van der Waals surface area contributed by atoms with Crippen LogP contribution < -0.4 is 5.32 Å². The van der Waals surface area contributed by atoms with E-state index in [1.54, 1.807) is 0 Å². The Bertz CT molecular complexity index is 1020. The summed E-state index contributed by atoms with van der Waals surface area (Å²) >= 11 is 3.44. The molecule has 3 N–H and O–H groups in total. The highest BCUT2D eigenvalue weighted by molar-refractivity contribution is 9.10. The summed E-state index contributed by atoms with van der Waals surface area (Å²) in [6.07, 6.45) is 1.63. The van der Waals surface area contributed by atoms with Gasteiger partial charge >= 0.3 is 0 Å². The standard InChI is InChI=1S/C19H17BrN4O/c20-13-7-8-14-12(10-13)11-17(22-14)19(25)21-9-3-6-18-23-15-4-1-2-5-16(15)24-18/h1-2,4-5,7-8,10-11,22H,3,6,9H2,(H,21,25)(H,23,24). The van der Waals surface area contributed by atoms with Crippen LogP contribution in [-0.4, -0.2) is 27.4 Å². The number of halogens is 1. The molecule has 2 aromatic heterocycles. The molecule has 0 saturated heterocycles. The van der Waals surface area contributed by atoms with Crippen LogP contribution in [-0.2, 0) is 6.42 Å². The van der Waals surface area contributed by atoms with E-state index in [9.17, 15) is 4.79 Å². The Labute approximate surface area is 153 Å². The van der Waals surface area contributed by atoms with E-state index in [1.165, 1.54) is 0 Å². The van der Waals surface area contributed by atoms with Crippen molar-refractivity contribution in [3.63, 3.8) is 0 Å². The van der Waals surface area contributed by atoms with Crippen LogP contribution in [0.3, 0.4) is 0 Å². The summed E-state index contributed by atoms with van der Waals surface area (Å²) in [7, 11) is 0. The molecule has 6 heteroatoms. The van der Waals surface area contributed by atoms with Gasteiger partial charge in [-0.1, -0.05) is 28.1 Å². The lowest BCUT2D eigenvalue weighted by molar-refractivity contribution is 0.0949. The second kappa shape index (κ2) is 6.72. The zero-order valence-corrected chi connectivity index (χ0v) is 15.1. The summed E-state index contributed by atoms with van der Waals surface area (Å²) in [4.78, 5) is 23.3. The smallest absolute Gasteiger partial charge is 0.267 e. The van der Waals surface area contributed by atoms with E-state index in [0.717, 1.165) is 45.1 Å². The molecule has 126 valence electrons. The number of amides is 1. The molecule has 0 bridgehead atoms. The predicted molar refractivity (Wildman–Crippen MR) is 103 cm³/mol. The summed E-state index contributed by atoms with van der Waals surface area (Å²) in [6, 6.07) is 15.7. The average Bonchev–Trinajstić information content (AvgIpc) is 3.21. The molecular weight excluding hydrogens is 380 g/mol. The van der Waals surface area contributed by atoms with Gasteiger partial charge in [0.25, 0.3) is 5.91 Å². The van der Waals surface area contributed by atoms with E-state index in [2.05, 4.69) is 36.2 Å². The number of benzene rings is 2. The van der Waals surface area contributed by atoms with Crippen LogP contribution in [0.2, 0.25) is 0 Å². The maximum absolute atomic E-state index is 12.3. The van der Waals surface area contributed by atoms with E-state index in [0.29, 0.717) is 12.2 Å². The third kappa shape index (κ3) is 3.44. The van der Waals surface area contributed by atoms with Gasteiger partial charge in [0.2, 0.25) is 0 Å². The Hall–Kier alpha value is -2.60. The van der Waals surface area contributed by atoms with Crippen LogP contribution in [0.4, 0.5) is 0 Å². The van der Waals surface area contributed by atoms with Crippen LogP contribution >= 0.6 is 15.9 Å². The Balaban J connectivity index is 1.33. The largest absolute Gasteiger partial charge is 0.351 e. The van der Waals surface area contributed by atoms with Gasteiger partial charge in [0.05, 0.1) is 11.0 Å². The first-order chi connectivity index (χ1) is 12.2. The molecule has 2 heterocycles. The number of aromatic nitrogens is 3. The van der Waals surface area contributed by atoms with Crippen molar-refractivity contribution >= 4 is 43.8 Å². The van der Waals surface area contributed by atoms with Crippen molar-refractivity contribution in [3.05, 3.63) is 64.5 Å². The van der Waals surface area contributed by atoms with E-state index < -0.39 is 0 Å². The molecule has 5 nitrogen and oxygen atoms in total. The molecule has 0 aliphatic rings. The summed E-state index contributed by atoms with van der Waals surface area (Å²) in [5.74, 6) is 0.864. The van der Waals surface area contributed by atoms with Gasteiger partial charge in [-0.2, -0.15) is 0 Å². The van der Waals surface area contributed by atoms with Crippen molar-refractivity contribution in [1.82, 2.24) is 20.3 Å². The Morgan fingerprint density at radius 2 is 1.96 bits per heavy atom. The number of nitrogens with one attached hydrogen (secondary N) is 3. The third-order valence-corrected chi connectivity index (χ3v) is 4.64. The van der Waals surface area contributed by atoms with Gasteiger partial charge in [-0.05, 0) is 42.8 Å². The highest BCUT2D eigenvalue weighted by Gasteiger charge is 2.09. The van der Waals surface area contributed by atoms with E-state index in [4.69, 9.17) is 0 Å². The van der Waals surface area contributed by atoms with Crippen LogP contribution in [0.5, 0.6) is 0 Å². The number of imidazole rings is 1. The molecule has 4 aromatic rings. The van der Waals surface area contributed by atoms with E-state index in [-0.39, 0.29) is 5.91 Å². The number of hydrogen-bond acceptors (Lipinski definition) is 2. The van der Waals surface area contributed by atoms with E-state index in [1.807, 2.05) is 48.5 Å². The Morgan fingerprint density at radius 3 is 2.84 bits per heavy atom. The van der Waals surface area contributed by atoms with Crippen molar-refractivity contribution in [1.29, 1.82) is 0 Å². The Kier molecular flexibility index (Phi) is 4.28. The van der Waals surface area contributed by atoms with Gasteiger partial charge in [-0.3, -0.25) is 4.79 Å². The number of para-hydroxylation sites is 2. The van der Waals surface area contributed by atoms with Crippen LogP contribution in [0.15, 0.2) is 53.0 Å². The van der Waals surface area contributed by atoms with Crippen molar-refractivity contribution in [2.45, 2.75) is 12.8 Å². The number of carbonyl (C=O) groups excluding carboxylic acids is 1. The lowest BCUT2D eigenvalue weighted by atomic mass is 10.2. The highest BCUT2D eigenvalue weighted by atomic mass is 79.9. The van der Waals surface area contributed by atoms with Gasteiger partial charge in [0.15, 0.2) is 0 Å². The number of H-pyrrole nitrogens is 2. The number of fused-ring (bicyclic) bond motifs is 2. The number of rotatable bonds is 5. The molecule has 0 aliphatic carbocycles. The normalized spacial score (nSPS) is 11.2. The van der Waals surface area contributed by atoms with Crippen molar-refractivity contribution in [2.24, 2.45) is 0 Å². The quantitative estimate of drug-likeness (QED) is 0.443. The first kappa shape index (κ1) is 15.9. The predicted octanol–water partition coefficient (Wildman–Crippen LogP) is 4.17. The zero-order chi connectivity index (χ0) is 17.2. The molecule has 0 radical (unpaired) electrons. The van der Waals surface area contributed by atoms with Crippen LogP contribution in [0, 0.1) is 0 Å². The maximum Gasteiger partial charge on any atom is 0.267 e. The first-order valence-corrected chi connectivity index (χ1v) is 8.98. The summed E-state index contributed by atoms with van der Waals surface area (Å²) in [5, 5.41) is 3.97. The minimum absolute atomic E-state index is 0.0862. The SMILES string of the molecule is O=C(NCCCc1nc2ccccc2[nH]1)c1cc2cc(Br)ccc2[nH]1. The van der Waals surface area contributed by atoms with Crippen molar-refractivity contribution in [3.8, 4) is 0 Å². The van der Waals surface area contributed by atoms with Gasteiger partial charge in [0.1, 0.15) is 11.5 Å². The highest BCUT2D eigenvalue weighted by Crippen LogP contribution is 2.20. The zero-order valence-electron chi connectivity index (χ0n) is 13.5. The minimum Gasteiger partial charge on any atom is -0.351 e. The summed E-state index contributed by atoms with van der Waals surface area (Å²) in [6.45, 7) is 0.606. The molecule has 0 spiro atoms. The van der Waals surface area contributed by atoms with Crippen LogP contribution in [0.1, 0.15) is 22.7 Å². The molecular formula is C19H17BrN4O. The van der Waals surface area contributed by atoms with Gasteiger partial charge in [0, 0.05) is 28.3 Å². The number of carbonyl (C=O) groups is 1. The fourth-order valence-electron chi connectivity index (χ4n) is 2.90. The average molecular weight is 397 g/mol. The molecule has 2 aromatic carbocycles. The fraction of sp³-hybridized carbons (Fsp3) is 0.158. The van der Waals surface area contributed by atoms with Gasteiger partial charge in [-0.15, -0.1) is 0 Å². The summed E-state index contributed by atoms with van der Waals surface area (Å²) < 4.78 is 0.997. The van der Waals surface area contributed by atoms with Gasteiger partial charge < -0.3 is 15.3 Å². The lowest BCUT2D eigenvalue weighted by Gasteiger charge is -2.02. The minimum atomic E-state index is -0.0862. The molecule has 0 aliphatic heterocycles. The summed E-state index contributed by atoms with van der Waals surface area (Å²) in [5.41, 5.74) is 3.56. The molecule has 0 atom stereocenters. The topological polar surface area (TPSA) is 73.6 Å². The molecule has 0 saturated carbocycles. The van der Waals surface area contributed by atoms with Crippen LogP contribution in [0.25, 0.3) is 21.9 Å². The third-order valence-electron chi connectivity index (χ3n) is 4.14. The van der Waals surface area contributed by atoms with Gasteiger partial charge in [-0.25, -0.2) is 4.98 Å². The maximum atomic E-state index is 12.3. The molecule has 0 unspecified atom stereocenters. The Morgan fingerprint density at radius 1 is 1.08 bits per heavy atom. The monoisotopic (exact) mass is 396 g/mol. The van der Waals surface area contributed by atoms with Crippen molar-refractivity contribution < 1.29 is 4.79 Å². The van der Waals surface area contributed by atoms with Crippen molar-refractivity contribution in [2.75, 3.05) is 6.54 Å². The second-order valence-corrected chi connectivity index (χ2v) is 6.89. The fourth-order valence-corrected chi connectivity index (χ4v) is 3.28. The molecule has 1 amide bonds. The van der Waals surface area contributed by atoms with E-state index >= 15 is 0 Å². The molecule has 0 fully saturated rings. The number of aryl methyl sites for hydroxylation is 1. The molecule has 4 rings (SSSR count). The second-order valence-electron chi connectivity index (χ2n) is 5.97. The lowest BCUT2D eigenvalue weighted by Crippen LogP contribution is -2.25. The number of hydrogen-bond donors (Lipinski definition) is 3. The number of nitrogens with zero attached hydrogens (tertiary/aromatic N) is 1. The molecule has 25 heavy (non-hydrogen) atoms. The number of aromatic amines is 2. The first-order valence-electron chi connectivity index (χ1n) is 8.19.